The van der Waals surface area contributed by atoms with Crippen molar-refractivity contribution in [2.45, 2.75) is 39.3 Å². The Balaban J connectivity index is 1.72. The van der Waals surface area contributed by atoms with Crippen molar-refractivity contribution >= 4 is 39.1 Å². The highest BCUT2D eigenvalue weighted by atomic mass is 32.1. The van der Waals surface area contributed by atoms with Gasteiger partial charge in [0, 0.05) is 30.4 Å². The fourth-order valence-electron chi connectivity index (χ4n) is 3.86. The Bertz CT molecular complexity index is 893. The zero-order chi connectivity index (χ0) is 21.8. The molecular weight excluding hydrogens is 400 g/mol. The second kappa shape index (κ2) is 9.57. The topological polar surface area (TPSA) is 95.7 Å². The van der Waals surface area contributed by atoms with Gasteiger partial charge in [-0.25, -0.2) is 0 Å². The number of amides is 3. The molecule has 0 aliphatic carbocycles. The molecule has 1 aliphatic rings. The van der Waals surface area contributed by atoms with E-state index < -0.39 is 6.04 Å². The summed E-state index contributed by atoms with van der Waals surface area (Å²) in [5.41, 5.74) is 5.47. The number of fused-ring (bicyclic) bond motifs is 1. The first-order chi connectivity index (χ1) is 14.3. The van der Waals surface area contributed by atoms with Crippen molar-refractivity contribution in [3.63, 3.8) is 0 Å². The summed E-state index contributed by atoms with van der Waals surface area (Å²) in [6.45, 7) is 7.33. The average molecular weight is 431 g/mol. The van der Waals surface area contributed by atoms with Crippen LogP contribution in [0.25, 0.3) is 10.1 Å². The van der Waals surface area contributed by atoms with Crippen molar-refractivity contribution in [3.05, 3.63) is 35.2 Å². The van der Waals surface area contributed by atoms with Gasteiger partial charge in [0.25, 0.3) is 5.91 Å². The Hall–Kier alpha value is -2.45. The summed E-state index contributed by atoms with van der Waals surface area (Å²) in [5.74, 6) is -0.173. The monoisotopic (exact) mass is 430 g/mol. The number of piperazine rings is 1. The Morgan fingerprint density at radius 2 is 1.97 bits per heavy atom. The molecule has 0 unspecified atom stereocenters. The molecule has 30 heavy (non-hydrogen) atoms. The van der Waals surface area contributed by atoms with E-state index in [0.29, 0.717) is 30.9 Å². The predicted octanol–water partition coefficient (Wildman–Crippen LogP) is 2.06. The summed E-state index contributed by atoms with van der Waals surface area (Å²) in [4.78, 5) is 42.2. The normalized spacial score (nSPS) is 18.0. The number of thiophene rings is 1. The molecule has 3 rings (SSSR count). The minimum absolute atomic E-state index is 0.0259. The maximum atomic E-state index is 13.3. The molecule has 0 spiro atoms. The van der Waals surface area contributed by atoms with Crippen LogP contribution < -0.4 is 11.1 Å². The van der Waals surface area contributed by atoms with E-state index in [1.807, 2.05) is 51.1 Å². The highest BCUT2D eigenvalue weighted by Gasteiger charge is 2.34. The number of hydrogen-bond donors (Lipinski definition) is 2. The number of carbonyl (C=O) groups excluding carboxylic acids is 3. The van der Waals surface area contributed by atoms with E-state index in [1.54, 1.807) is 9.80 Å². The van der Waals surface area contributed by atoms with Gasteiger partial charge in [-0.15, -0.1) is 11.3 Å². The highest BCUT2D eigenvalue weighted by Crippen LogP contribution is 2.25. The van der Waals surface area contributed by atoms with Crippen LogP contribution in [0.5, 0.6) is 0 Å². The second-order valence-electron chi connectivity index (χ2n) is 8.23. The Kier molecular flexibility index (Phi) is 7.10. The predicted molar refractivity (Wildman–Crippen MR) is 119 cm³/mol. The number of nitrogens with zero attached hydrogens (tertiary/aromatic N) is 2. The summed E-state index contributed by atoms with van der Waals surface area (Å²) in [7, 11) is 0. The summed E-state index contributed by atoms with van der Waals surface area (Å²) in [6.07, 6.45) is 0.560. The van der Waals surface area contributed by atoms with Crippen LogP contribution in [0.1, 0.15) is 36.9 Å². The van der Waals surface area contributed by atoms with Gasteiger partial charge in [0.1, 0.15) is 6.04 Å². The Morgan fingerprint density at radius 1 is 1.23 bits per heavy atom. The van der Waals surface area contributed by atoms with Gasteiger partial charge in [0.05, 0.1) is 11.4 Å². The molecule has 2 aromatic rings. The molecule has 0 saturated carbocycles. The first-order valence-corrected chi connectivity index (χ1v) is 11.2. The van der Waals surface area contributed by atoms with E-state index in [-0.39, 0.29) is 36.2 Å². The number of rotatable bonds is 6. The Morgan fingerprint density at radius 3 is 2.60 bits per heavy atom. The first-order valence-electron chi connectivity index (χ1n) is 10.4. The summed E-state index contributed by atoms with van der Waals surface area (Å²) in [5, 5.41) is 3.99. The minimum Gasteiger partial charge on any atom is -0.340 e. The number of carbonyl (C=O) groups is 3. The van der Waals surface area contributed by atoms with Crippen molar-refractivity contribution in [2.24, 2.45) is 11.7 Å². The van der Waals surface area contributed by atoms with Crippen molar-refractivity contribution in [1.29, 1.82) is 0 Å². The van der Waals surface area contributed by atoms with Gasteiger partial charge in [0.15, 0.2) is 0 Å². The first kappa shape index (κ1) is 22.2. The van der Waals surface area contributed by atoms with Crippen LogP contribution >= 0.6 is 11.3 Å². The standard InChI is InChI=1S/C22H30N4O3S/c1-14(2)10-17(22(29)26-9-8-25(13-15(26)3)20(27)12-23)24-21(28)19-11-16-6-4-5-7-18(16)30-19/h4-7,11,14-15,17H,8-10,12-13,23H2,1-3H3,(H,24,28)/t15-,17-/m0/s1. The van der Waals surface area contributed by atoms with Crippen molar-refractivity contribution in [2.75, 3.05) is 26.2 Å². The minimum atomic E-state index is -0.595. The molecule has 2 heterocycles. The maximum absolute atomic E-state index is 13.3. The zero-order valence-corrected chi connectivity index (χ0v) is 18.6. The fraction of sp³-hybridized carbons (Fsp3) is 0.500. The number of benzene rings is 1. The largest absolute Gasteiger partial charge is 0.340 e. The number of hydrogen-bond acceptors (Lipinski definition) is 5. The van der Waals surface area contributed by atoms with E-state index in [9.17, 15) is 14.4 Å². The lowest BCUT2D eigenvalue weighted by molar-refractivity contribution is -0.143. The van der Waals surface area contributed by atoms with Crippen LogP contribution in [-0.4, -0.2) is 65.8 Å². The summed E-state index contributed by atoms with van der Waals surface area (Å²) < 4.78 is 1.05. The molecule has 1 aromatic carbocycles. The van der Waals surface area contributed by atoms with Gasteiger partial charge in [-0.3, -0.25) is 14.4 Å². The summed E-state index contributed by atoms with van der Waals surface area (Å²) >= 11 is 1.43. The van der Waals surface area contributed by atoms with Gasteiger partial charge < -0.3 is 20.9 Å². The third-order valence-corrected chi connectivity index (χ3v) is 6.51. The molecule has 1 aromatic heterocycles. The SMILES string of the molecule is CC(C)C[C@H](NC(=O)c1cc2ccccc2s1)C(=O)N1CCN(C(=O)CN)C[C@@H]1C. The molecule has 1 aliphatic heterocycles. The van der Waals surface area contributed by atoms with Crippen molar-refractivity contribution < 1.29 is 14.4 Å². The van der Waals surface area contributed by atoms with Crippen LogP contribution in [0.3, 0.4) is 0 Å². The molecule has 1 saturated heterocycles. The molecule has 3 N–H and O–H groups in total. The van der Waals surface area contributed by atoms with Crippen LogP contribution in [-0.2, 0) is 9.59 Å². The van der Waals surface area contributed by atoms with Gasteiger partial charge in [-0.05, 0) is 36.8 Å². The van der Waals surface area contributed by atoms with Crippen LogP contribution in [0.2, 0.25) is 0 Å². The summed E-state index contributed by atoms with van der Waals surface area (Å²) in [6, 6.07) is 8.99. The van der Waals surface area contributed by atoms with Gasteiger partial charge in [-0.2, -0.15) is 0 Å². The van der Waals surface area contributed by atoms with Gasteiger partial charge in [0.2, 0.25) is 11.8 Å². The van der Waals surface area contributed by atoms with E-state index in [4.69, 9.17) is 5.73 Å². The lowest BCUT2D eigenvalue weighted by Crippen LogP contribution is -2.60. The van der Waals surface area contributed by atoms with Crippen LogP contribution in [0, 0.1) is 5.92 Å². The van der Waals surface area contributed by atoms with Gasteiger partial charge >= 0.3 is 0 Å². The lowest BCUT2D eigenvalue weighted by Gasteiger charge is -2.41. The highest BCUT2D eigenvalue weighted by molar-refractivity contribution is 7.20. The van der Waals surface area contributed by atoms with E-state index in [0.717, 1.165) is 10.1 Å². The molecule has 7 nitrogen and oxygen atoms in total. The van der Waals surface area contributed by atoms with E-state index in [2.05, 4.69) is 5.32 Å². The zero-order valence-electron chi connectivity index (χ0n) is 17.8. The third kappa shape index (κ3) is 4.99. The molecule has 1 fully saturated rings. The molecule has 162 valence electrons. The number of nitrogens with one attached hydrogen (secondary N) is 1. The maximum Gasteiger partial charge on any atom is 0.262 e. The second-order valence-corrected chi connectivity index (χ2v) is 9.31. The van der Waals surface area contributed by atoms with E-state index >= 15 is 0 Å². The Labute approximate surface area is 181 Å². The quantitative estimate of drug-likeness (QED) is 0.733. The molecule has 8 heteroatoms. The average Bonchev–Trinajstić information content (AvgIpc) is 3.16. The number of nitrogens with two attached hydrogens (primary N) is 1. The van der Waals surface area contributed by atoms with Crippen molar-refractivity contribution in [1.82, 2.24) is 15.1 Å². The van der Waals surface area contributed by atoms with E-state index in [1.165, 1.54) is 11.3 Å². The smallest absolute Gasteiger partial charge is 0.262 e. The van der Waals surface area contributed by atoms with Gasteiger partial charge in [-0.1, -0.05) is 32.0 Å². The molecular formula is C22H30N4O3S. The van der Waals surface area contributed by atoms with Crippen LogP contribution in [0.15, 0.2) is 30.3 Å². The van der Waals surface area contributed by atoms with Crippen LogP contribution in [0.4, 0.5) is 0 Å². The fourth-order valence-corrected chi connectivity index (χ4v) is 4.82. The lowest BCUT2D eigenvalue weighted by atomic mass is 10.0. The molecule has 0 bridgehead atoms. The molecule has 2 atom stereocenters. The van der Waals surface area contributed by atoms with Crippen molar-refractivity contribution in [3.8, 4) is 0 Å². The molecule has 0 radical (unpaired) electrons. The molecule has 3 amide bonds. The third-order valence-electron chi connectivity index (χ3n) is 5.40.